The Labute approximate surface area is 238 Å². The standard InChI is InChI=1S/C33H56O6/c1-3-4-5-6-16-21-24-27-33(37)39-31(28-34)29-38-32(36)26-23-20-18-15-13-11-9-7-8-10-12-14-17-19-22-25-30(2)35/h8-11,14-15,17-18,30-31,34-35H,3-7,12-13,16,19-29H2,1-2H3/b10-8-,11-9-,17-14-,18-15-/t30-,31+/m1/s1. The topological polar surface area (TPSA) is 93.1 Å². The summed E-state index contributed by atoms with van der Waals surface area (Å²) < 4.78 is 10.4. The third-order valence-electron chi connectivity index (χ3n) is 6.14. The summed E-state index contributed by atoms with van der Waals surface area (Å²) in [7, 11) is 0. The van der Waals surface area contributed by atoms with Gasteiger partial charge in [-0.3, -0.25) is 9.59 Å². The van der Waals surface area contributed by atoms with Gasteiger partial charge in [-0.2, -0.15) is 0 Å². The van der Waals surface area contributed by atoms with Crippen LogP contribution < -0.4 is 0 Å². The average Bonchev–Trinajstić information content (AvgIpc) is 2.92. The van der Waals surface area contributed by atoms with Crippen molar-refractivity contribution in [2.24, 2.45) is 0 Å². The van der Waals surface area contributed by atoms with Gasteiger partial charge in [0.1, 0.15) is 6.61 Å². The highest BCUT2D eigenvalue weighted by Gasteiger charge is 2.15. The van der Waals surface area contributed by atoms with Gasteiger partial charge in [0.15, 0.2) is 6.10 Å². The van der Waals surface area contributed by atoms with Gasteiger partial charge in [-0.15, -0.1) is 0 Å². The van der Waals surface area contributed by atoms with Gasteiger partial charge in [0.25, 0.3) is 0 Å². The van der Waals surface area contributed by atoms with E-state index in [2.05, 4.69) is 55.5 Å². The summed E-state index contributed by atoms with van der Waals surface area (Å²) in [5, 5.41) is 18.6. The molecule has 0 heterocycles. The summed E-state index contributed by atoms with van der Waals surface area (Å²) in [6.45, 7) is 3.56. The summed E-state index contributed by atoms with van der Waals surface area (Å²) in [6, 6.07) is 0. The molecule has 0 aliphatic carbocycles. The minimum Gasteiger partial charge on any atom is -0.462 e. The molecule has 0 aliphatic rings. The van der Waals surface area contributed by atoms with Crippen LogP contribution in [0.15, 0.2) is 48.6 Å². The Morgan fingerprint density at radius 3 is 1.77 bits per heavy atom. The van der Waals surface area contributed by atoms with Crippen LogP contribution in [0.1, 0.15) is 123 Å². The molecule has 0 aromatic rings. The highest BCUT2D eigenvalue weighted by molar-refractivity contribution is 5.70. The predicted octanol–water partition coefficient (Wildman–Crippen LogP) is 7.69. The fourth-order valence-electron chi connectivity index (χ4n) is 3.80. The summed E-state index contributed by atoms with van der Waals surface area (Å²) in [5.41, 5.74) is 0. The summed E-state index contributed by atoms with van der Waals surface area (Å²) in [5.74, 6) is -0.687. The first kappa shape index (κ1) is 36.8. The number of hydrogen-bond donors (Lipinski definition) is 2. The van der Waals surface area contributed by atoms with Crippen LogP contribution >= 0.6 is 0 Å². The van der Waals surface area contributed by atoms with Gasteiger partial charge in [-0.25, -0.2) is 0 Å². The van der Waals surface area contributed by atoms with Crippen molar-refractivity contribution in [3.63, 3.8) is 0 Å². The van der Waals surface area contributed by atoms with E-state index in [4.69, 9.17) is 9.47 Å². The number of rotatable bonds is 26. The van der Waals surface area contributed by atoms with Crippen LogP contribution in [0, 0.1) is 0 Å². The van der Waals surface area contributed by atoms with Crippen LogP contribution in [0.25, 0.3) is 0 Å². The molecular formula is C33H56O6. The number of aliphatic hydroxyl groups excluding tert-OH is 2. The number of ether oxygens (including phenoxy) is 2. The van der Waals surface area contributed by atoms with E-state index in [-0.39, 0.29) is 31.3 Å². The molecule has 2 N–H and O–H groups in total. The molecule has 0 radical (unpaired) electrons. The second-order valence-electron chi connectivity index (χ2n) is 10.1. The Hall–Kier alpha value is -2.18. The zero-order chi connectivity index (χ0) is 28.8. The number of unbranched alkanes of at least 4 members (excludes halogenated alkanes) is 8. The molecule has 0 bridgehead atoms. The molecule has 0 amide bonds. The minimum atomic E-state index is -0.796. The van der Waals surface area contributed by atoms with Crippen LogP contribution in [0.5, 0.6) is 0 Å². The lowest BCUT2D eigenvalue weighted by molar-refractivity contribution is -0.161. The van der Waals surface area contributed by atoms with Crippen LogP contribution in [-0.2, 0) is 19.1 Å². The van der Waals surface area contributed by atoms with E-state index in [1.165, 1.54) is 25.7 Å². The molecule has 6 heteroatoms. The van der Waals surface area contributed by atoms with E-state index in [1.54, 1.807) is 0 Å². The molecule has 0 unspecified atom stereocenters. The molecule has 0 saturated carbocycles. The summed E-state index contributed by atoms with van der Waals surface area (Å²) >= 11 is 0. The maximum Gasteiger partial charge on any atom is 0.306 e. The van der Waals surface area contributed by atoms with Gasteiger partial charge in [-0.05, 0) is 64.7 Å². The lowest BCUT2D eigenvalue weighted by Gasteiger charge is -2.15. The van der Waals surface area contributed by atoms with Crippen molar-refractivity contribution >= 4 is 11.9 Å². The summed E-state index contributed by atoms with van der Waals surface area (Å²) in [6.07, 6.45) is 31.7. The van der Waals surface area contributed by atoms with Crippen molar-refractivity contribution in [2.45, 2.75) is 135 Å². The van der Waals surface area contributed by atoms with Crippen molar-refractivity contribution < 1.29 is 29.3 Å². The second-order valence-corrected chi connectivity index (χ2v) is 10.1. The Morgan fingerprint density at radius 2 is 1.21 bits per heavy atom. The van der Waals surface area contributed by atoms with Gasteiger partial charge in [0.05, 0.1) is 12.7 Å². The van der Waals surface area contributed by atoms with Gasteiger partial charge in [0, 0.05) is 12.8 Å². The normalized spacial score (nSPS) is 13.6. The smallest absolute Gasteiger partial charge is 0.306 e. The minimum absolute atomic E-state index is 0.104. The fraction of sp³-hybridized carbons (Fsp3) is 0.697. The lowest BCUT2D eigenvalue weighted by atomic mass is 10.1. The van der Waals surface area contributed by atoms with Gasteiger partial charge < -0.3 is 19.7 Å². The molecule has 0 aromatic carbocycles. The number of esters is 2. The third-order valence-corrected chi connectivity index (χ3v) is 6.14. The highest BCUT2D eigenvalue weighted by Crippen LogP contribution is 2.10. The zero-order valence-electron chi connectivity index (χ0n) is 24.7. The van der Waals surface area contributed by atoms with E-state index in [0.29, 0.717) is 19.3 Å². The van der Waals surface area contributed by atoms with Crippen molar-refractivity contribution in [2.75, 3.05) is 13.2 Å². The molecule has 0 saturated heterocycles. The van der Waals surface area contributed by atoms with Crippen molar-refractivity contribution in [1.82, 2.24) is 0 Å². The predicted molar refractivity (Wildman–Crippen MR) is 160 cm³/mol. The Bertz CT molecular complexity index is 692. The van der Waals surface area contributed by atoms with Gasteiger partial charge >= 0.3 is 11.9 Å². The Morgan fingerprint density at radius 1 is 0.692 bits per heavy atom. The molecule has 0 fully saturated rings. The zero-order valence-corrected chi connectivity index (χ0v) is 24.7. The van der Waals surface area contributed by atoms with Crippen LogP contribution in [0.3, 0.4) is 0 Å². The summed E-state index contributed by atoms with van der Waals surface area (Å²) in [4.78, 5) is 23.9. The SMILES string of the molecule is CCCCCCCCCC(=O)O[C@@H](CO)COC(=O)CCC/C=C\C/C=C\C/C=C\C/C=C\CCC[C@@H](C)O. The molecule has 0 aliphatic heterocycles. The van der Waals surface area contributed by atoms with E-state index >= 15 is 0 Å². The number of carbonyl (C=O) groups is 2. The quantitative estimate of drug-likeness (QED) is 0.0654. The van der Waals surface area contributed by atoms with Crippen LogP contribution in [-0.4, -0.2) is 47.6 Å². The van der Waals surface area contributed by atoms with Crippen LogP contribution in [0.2, 0.25) is 0 Å². The first-order chi connectivity index (χ1) is 19.0. The first-order valence-electron chi connectivity index (χ1n) is 15.2. The fourth-order valence-corrected chi connectivity index (χ4v) is 3.80. The second kappa shape index (κ2) is 28.8. The average molecular weight is 549 g/mol. The molecule has 39 heavy (non-hydrogen) atoms. The maximum atomic E-state index is 11.9. The highest BCUT2D eigenvalue weighted by atomic mass is 16.6. The van der Waals surface area contributed by atoms with Crippen molar-refractivity contribution in [1.29, 1.82) is 0 Å². The third kappa shape index (κ3) is 28.6. The van der Waals surface area contributed by atoms with Crippen LogP contribution in [0.4, 0.5) is 0 Å². The molecule has 0 aromatic heterocycles. The molecular weight excluding hydrogens is 492 g/mol. The largest absolute Gasteiger partial charge is 0.462 e. The van der Waals surface area contributed by atoms with Crippen molar-refractivity contribution in [3.05, 3.63) is 48.6 Å². The van der Waals surface area contributed by atoms with Gasteiger partial charge in [0.2, 0.25) is 0 Å². The maximum absolute atomic E-state index is 11.9. The lowest BCUT2D eigenvalue weighted by Crippen LogP contribution is -2.28. The molecule has 6 nitrogen and oxygen atoms in total. The number of aliphatic hydroxyl groups is 2. The van der Waals surface area contributed by atoms with E-state index in [9.17, 15) is 19.8 Å². The van der Waals surface area contributed by atoms with Gasteiger partial charge in [-0.1, -0.05) is 94.1 Å². The molecule has 2 atom stereocenters. The number of hydrogen-bond acceptors (Lipinski definition) is 6. The van der Waals surface area contributed by atoms with E-state index in [0.717, 1.165) is 64.2 Å². The van der Waals surface area contributed by atoms with Crippen molar-refractivity contribution in [3.8, 4) is 0 Å². The molecule has 0 spiro atoms. The van der Waals surface area contributed by atoms with E-state index in [1.807, 2.05) is 6.92 Å². The first-order valence-corrected chi connectivity index (χ1v) is 15.2. The Kier molecular flexibility index (Phi) is 27.2. The Balaban J connectivity index is 3.74. The molecule has 0 rings (SSSR count). The number of allylic oxidation sites excluding steroid dienone is 8. The van der Waals surface area contributed by atoms with E-state index < -0.39 is 6.10 Å². The number of carbonyl (C=O) groups excluding carboxylic acids is 2. The molecule has 224 valence electrons. The monoisotopic (exact) mass is 548 g/mol.